The van der Waals surface area contributed by atoms with Gasteiger partial charge in [0, 0.05) is 25.8 Å². The van der Waals surface area contributed by atoms with Crippen LogP contribution in [-0.4, -0.2) is 60.9 Å². The number of rotatable bonds is 2. The van der Waals surface area contributed by atoms with Crippen LogP contribution in [0.2, 0.25) is 0 Å². The molecule has 2 aliphatic rings. The van der Waals surface area contributed by atoms with Crippen molar-refractivity contribution in [3.8, 4) is 0 Å². The van der Waals surface area contributed by atoms with Crippen LogP contribution >= 0.6 is 0 Å². The Bertz CT molecular complexity index is 556. The normalized spacial score (nSPS) is 22.5. The highest BCUT2D eigenvalue weighted by Gasteiger charge is 2.43. The maximum absolute atomic E-state index is 12.8. The molecule has 2 saturated heterocycles. The number of nitrogens with zero attached hydrogens (tertiary/aromatic N) is 3. The molecule has 1 amide bonds. The van der Waals surface area contributed by atoms with Gasteiger partial charge in [-0.1, -0.05) is 0 Å². The minimum absolute atomic E-state index is 0.000314. The number of halogens is 3. The molecular weight excluding hydrogens is 311 g/mol. The van der Waals surface area contributed by atoms with Gasteiger partial charge in [0.2, 0.25) is 0 Å². The first-order valence-electron chi connectivity index (χ1n) is 7.64. The number of hydrogen-bond donors (Lipinski definition) is 0. The van der Waals surface area contributed by atoms with Gasteiger partial charge in [0.1, 0.15) is 5.82 Å². The Morgan fingerprint density at radius 1 is 1.22 bits per heavy atom. The summed E-state index contributed by atoms with van der Waals surface area (Å²) in [6.45, 7) is 1.56. The zero-order chi connectivity index (χ0) is 16.4. The molecule has 0 aromatic carbocycles. The molecule has 0 unspecified atom stereocenters. The summed E-state index contributed by atoms with van der Waals surface area (Å²) >= 11 is 0. The van der Waals surface area contributed by atoms with E-state index in [4.69, 9.17) is 4.74 Å². The van der Waals surface area contributed by atoms with Crippen molar-refractivity contribution in [1.29, 1.82) is 0 Å². The second-order valence-electron chi connectivity index (χ2n) is 5.75. The molecule has 2 fully saturated rings. The SMILES string of the molecule is O=C(c1ccc(N2CCO[C@@H](C(F)(F)F)C2)nc1)N1CCCC1. The molecule has 126 valence electrons. The first-order valence-corrected chi connectivity index (χ1v) is 7.64. The number of carbonyl (C=O) groups is 1. The van der Waals surface area contributed by atoms with Crippen LogP contribution < -0.4 is 4.90 Å². The largest absolute Gasteiger partial charge is 0.416 e. The summed E-state index contributed by atoms with van der Waals surface area (Å²) in [4.78, 5) is 19.7. The standard InChI is InChI=1S/C15H18F3N3O2/c16-15(17,18)12-10-21(7-8-23-12)13-4-3-11(9-19-13)14(22)20-5-1-2-6-20/h3-4,9,12H,1-2,5-8,10H2/t12-/m1/s1. The minimum Gasteiger partial charge on any atom is -0.365 e. The molecule has 0 spiro atoms. The first kappa shape index (κ1) is 16.0. The summed E-state index contributed by atoms with van der Waals surface area (Å²) in [6.07, 6.45) is -2.74. The summed E-state index contributed by atoms with van der Waals surface area (Å²) in [5, 5.41) is 0. The number of ether oxygens (including phenoxy) is 1. The summed E-state index contributed by atoms with van der Waals surface area (Å²) in [6, 6.07) is 3.23. The molecule has 0 aliphatic carbocycles. The number of hydrogen-bond acceptors (Lipinski definition) is 4. The van der Waals surface area contributed by atoms with Crippen molar-refractivity contribution in [2.75, 3.05) is 37.7 Å². The lowest BCUT2D eigenvalue weighted by molar-refractivity contribution is -0.221. The Morgan fingerprint density at radius 2 is 1.96 bits per heavy atom. The molecule has 0 bridgehead atoms. The number of amides is 1. The lowest BCUT2D eigenvalue weighted by Gasteiger charge is -2.34. The Morgan fingerprint density at radius 3 is 2.57 bits per heavy atom. The molecule has 3 rings (SSSR count). The van der Waals surface area contributed by atoms with E-state index in [1.54, 1.807) is 17.0 Å². The molecule has 23 heavy (non-hydrogen) atoms. The van der Waals surface area contributed by atoms with E-state index in [0.717, 1.165) is 25.9 Å². The third-order valence-electron chi connectivity index (χ3n) is 4.14. The minimum atomic E-state index is -4.38. The molecule has 1 aromatic heterocycles. The van der Waals surface area contributed by atoms with Gasteiger partial charge in [0.15, 0.2) is 6.10 Å². The number of morpholine rings is 1. The van der Waals surface area contributed by atoms with E-state index in [1.165, 1.54) is 11.1 Å². The van der Waals surface area contributed by atoms with Crippen LogP contribution in [0.15, 0.2) is 18.3 Å². The van der Waals surface area contributed by atoms with Crippen molar-refractivity contribution >= 4 is 11.7 Å². The number of carbonyl (C=O) groups excluding carboxylic acids is 1. The van der Waals surface area contributed by atoms with Crippen molar-refractivity contribution in [2.45, 2.75) is 25.1 Å². The lowest BCUT2D eigenvalue weighted by Crippen LogP contribution is -2.49. The molecule has 2 aliphatic heterocycles. The first-order chi connectivity index (χ1) is 10.9. The lowest BCUT2D eigenvalue weighted by atomic mass is 10.2. The third-order valence-corrected chi connectivity index (χ3v) is 4.14. The van der Waals surface area contributed by atoms with Gasteiger partial charge >= 0.3 is 6.18 Å². The zero-order valence-corrected chi connectivity index (χ0v) is 12.6. The second kappa shape index (κ2) is 6.35. The molecular formula is C15H18F3N3O2. The van der Waals surface area contributed by atoms with Crippen LogP contribution in [0, 0.1) is 0 Å². The Hall–Kier alpha value is -1.83. The number of aromatic nitrogens is 1. The fourth-order valence-electron chi connectivity index (χ4n) is 2.86. The number of anilines is 1. The average molecular weight is 329 g/mol. The molecule has 1 atom stereocenters. The summed E-state index contributed by atoms with van der Waals surface area (Å²) in [5.74, 6) is 0.359. The number of likely N-dealkylation sites (tertiary alicyclic amines) is 1. The summed E-state index contributed by atoms with van der Waals surface area (Å²) in [5.41, 5.74) is 0.469. The van der Waals surface area contributed by atoms with Crippen LogP contribution in [0.1, 0.15) is 23.2 Å². The second-order valence-corrected chi connectivity index (χ2v) is 5.75. The van der Waals surface area contributed by atoms with Gasteiger partial charge in [0.25, 0.3) is 5.91 Å². The summed E-state index contributed by atoms with van der Waals surface area (Å²) in [7, 11) is 0. The number of alkyl halides is 3. The smallest absolute Gasteiger partial charge is 0.365 e. The maximum Gasteiger partial charge on any atom is 0.416 e. The van der Waals surface area contributed by atoms with Gasteiger partial charge in [-0.15, -0.1) is 0 Å². The van der Waals surface area contributed by atoms with Crippen LogP contribution in [0.4, 0.5) is 19.0 Å². The van der Waals surface area contributed by atoms with Crippen molar-refractivity contribution < 1.29 is 22.7 Å². The van der Waals surface area contributed by atoms with Crippen LogP contribution in [0.25, 0.3) is 0 Å². The predicted molar refractivity (Wildman–Crippen MR) is 77.4 cm³/mol. The molecule has 0 saturated carbocycles. The van der Waals surface area contributed by atoms with E-state index in [1.807, 2.05) is 0 Å². The number of pyridine rings is 1. The van der Waals surface area contributed by atoms with Crippen LogP contribution in [0.5, 0.6) is 0 Å². The fourth-order valence-corrected chi connectivity index (χ4v) is 2.86. The summed E-state index contributed by atoms with van der Waals surface area (Å²) < 4.78 is 43.0. The average Bonchev–Trinajstić information content (AvgIpc) is 3.08. The molecule has 3 heterocycles. The van der Waals surface area contributed by atoms with Gasteiger partial charge in [-0.05, 0) is 25.0 Å². The van der Waals surface area contributed by atoms with Crippen molar-refractivity contribution in [3.05, 3.63) is 23.9 Å². The zero-order valence-electron chi connectivity index (χ0n) is 12.6. The van der Waals surface area contributed by atoms with Gasteiger partial charge < -0.3 is 14.5 Å². The van der Waals surface area contributed by atoms with E-state index in [9.17, 15) is 18.0 Å². The molecule has 1 aromatic rings. The Kier molecular flexibility index (Phi) is 4.43. The molecule has 8 heteroatoms. The molecule has 0 radical (unpaired) electrons. The van der Waals surface area contributed by atoms with Crippen LogP contribution in [-0.2, 0) is 4.74 Å². The van der Waals surface area contributed by atoms with Gasteiger partial charge in [-0.2, -0.15) is 13.2 Å². The monoisotopic (exact) mass is 329 g/mol. The van der Waals surface area contributed by atoms with E-state index in [-0.39, 0.29) is 19.1 Å². The highest BCUT2D eigenvalue weighted by molar-refractivity contribution is 5.94. The van der Waals surface area contributed by atoms with E-state index < -0.39 is 12.3 Å². The van der Waals surface area contributed by atoms with E-state index in [2.05, 4.69) is 4.98 Å². The van der Waals surface area contributed by atoms with Crippen LogP contribution in [0.3, 0.4) is 0 Å². The molecule has 0 N–H and O–H groups in total. The van der Waals surface area contributed by atoms with Crippen molar-refractivity contribution in [2.24, 2.45) is 0 Å². The third kappa shape index (κ3) is 3.57. The van der Waals surface area contributed by atoms with Gasteiger partial charge in [-0.25, -0.2) is 4.98 Å². The fraction of sp³-hybridized carbons (Fsp3) is 0.600. The van der Waals surface area contributed by atoms with Crippen molar-refractivity contribution in [3.63, 3.8) is 0 Å². The van der Waals surface area contributed by atoms with E-state index >= 15 is 0 Å². The Balaban J connectivity index is 1.68. The molecule has 5 nitrogen and oxygen atoms in total. The highest BCUT2D eigenvalue weighted by Crippen LogP contribution is 2.27. The maximum atomic E-state index is 12.8. The van der Waals surface area contributed by atoms with Gasteiger partial charge in [0.05, 0.1) is 18.7 Å². The van der Waals surface area contributed by atoms with Gasteiger partial charge in [-0.3, -0.25) is 4.79 Å². The van der Waals surface area contributed by atoms with E-state index in [0.29, 0.717) is 17.9 Å². The quantitative estimate of drug-likeness (QED) is 0.833. The topological polar surface area (TPSA) is 45.7 Å². The Labute approximate surface area is 132 Å². The highest BCUT2D eigenvalue weighted by atomic mass is 19.4. The predicted octanol–water partition coefficient (Wildman–Crippen LogP) is 2.09. The van der Waals surface area contributed by atoms with Crippen molar-refractivity contribution in [1.82, 2.24) is 9.88 Å².